The summed E-state index contributed by atoms with van der Waals surface area (Å²) >= 11 is 0. The number of hydrogen-bond donors (Lipinski definition) is 0. The fourth-order valence-electron chi connectivity index (χ4n) is 3.85. The Hall–Kier alpha value is -3.12. The molecule has 2 aromatic rings. The summed E-state index contributed by atoms with van der Waals surface area (Å²) in [7, 11) is 1.57. The summed E-state index contributed by atoms with van der Waals surface area (Å²) in [6.07, 6.45) is 1.92. The quantitative estimate of drug-likeness (QED) is 0.593. The Kier molecular flexibility index (Phi) is 5.36. The standard InChI is InChI=1S/C23H25N3O3/c1-3-24-11-13-25(14-12-24)16-21-19-9-4-5-10-20(19)22(27)26(23(21)28)17-7-6-8-18(15-17)29-2/h4-10,15-16H,3,11-14H2,1-2H3. The Morgan fingerprint density at radius 1 is 0.931 bits per heavy atom. The molecule has 1 saturated heterocycles. The van der Waals surface area contributed by atoms with E-state index in [4.69, 9.17) is 4.74 Å². The smallest absolute Gasteiger partial charge is 0.267 e. The number of likely N-dealkylation sites (N-methyl/N-ethyl adjacent to an activating group) is 1. The van der Waals surface area contributed by atoms with E-state index in [1.807, 2.05) is 24.4 Å². The number of nitrogens with zero attached hydrogens (tertiary/aromatic N) is 3. The fourth-order valence-corrected chi connectivity index (χ4v) is 3.85. The largest absolute Gasteiger partial charge is 0.497 e. The first-order valence-corrected chi connectivity index (χ1v) is 9.93. The lowest BCUT2D eigenvalue weighted by Crippen LogP contribution is -2.45. The van der Waals surface area contributed by atoms with Crippen LogP contribution < -0.4 is 9.64 Å². The van der Waals surface area contributed by atoms with Gasteiger partial charge in [0.2, 0.25) is 0 Å². The van der Waals surface area contributed by atoms with Crippen LogP contribution in [0, 0.1) is 0 Å². The third kappa shape index (κ3) is 3.63. The number of fused-ring (bicyclic) bond motifs is 1. The van der Waals surface area contributed by atoms with Gasteiger partial charge < -0.3 is 14.5 Å². The van der Waals surface area contributed by atoms with Crippen LogP contribution in [0.4, 0.5) is 5.69 Å². The molecule has 0 saturated carbocycles. The van der Waals surface area contributed by atoms with E-state index in [1.54, 1.807) is 37.4 Å². The summed E-state index contributed by atoms with van der Waals surface area (Å²) in [5, 5.41) is 0. The van der Waals surface area contributed by atoms with Crippen LogP contribution in [0.3, 0.4) is 0 Å². The molecule has 150 valence electrons. The maximum Gasteiger partial charge on any atom is 0.267 e. The van der Waals surface area contributed by atoms with Crippen LogP contribution in [-0.4, -0.2) is 61.4 Å². The molecule has 0 aromatic heterocycles. The molecule has 0 aliphatic carbocycles. The molecule has 2 aromatic carbocycles. The van der Waals surface area contributed by atoms with Crippen molar-refractivity contribution in [1.29, 1.82) is 0 Å². The number of imide groups is 1. The molecule has 2 aliphatic rings. The highest BCUT2D eigenvalue weighted by Crippen LogP contribution is 2.33. The molecule has 2 amide bonds. The van der Waals surface area contributed by atoms with Crippen LogP contribution in [0.15, 0.2) is 54.7 Å². The molecule has 0 spiro atoms. The van der Waals surface area contributed by atoms with Gasteiger partial charge in [0.15, 0.2) is 0 Å². The second kappa shape index (κ2) is 8.09. The number of piperazine rings is 1. The van der Waals surface area contributed by atoms with Crippen molar-refractivity contribution in [2.24, 2.45) is 0 Å². The van der Waals surface area contributed by atoms with Gasteiger partial charge in [0, 0.05) is 49.6 Å². The van der Waals surface area contributed by atoms with Crippen LogP contribution in [0.1, 0.15) is 22.8 Å². The summed E-state index contributed by atoms with van der Waals surface area (Å²) in [6, 6.07) is 14.4. The average Bonchev–Trinajstić information content (AvgIpc) is 2.77. The Morgan fingerprint density at radius 2 is 1.66 bits per heavy atom. The second-order valence-corrected chi connectivity index (χ2v) is 7.21. The van der Waals surface area contributed by atoms with E-state index in [2.05, 4.69) is 16.7 Å². The van der Waals surface area contributed by atoms with Crippen molar-refractivity contribution in [1.82, 2.24) is 9.80 Å². The molecule has 2 heterocycles. The minimum atomic E-state index is -0.313. The van der Waals surface area contributed by atoms with Gasteiger partial charge in [0.25, 0.3) is 11.8 Å². The number of benzene rings is 2. The van der Waals surface area contributed by atoms with Crippen LogP contribution in [0.25, 0.3) is 5.57 Å². The number of carbonyl (C=O) groups excluding carboxylic acids is 2. The summed E-state index contributed by atoms with van der Waals surface area (Å²) in [5.74, 6) is -0.0187. The van der Waals surface area contributed by atoms with Gasteiger partial charge in [-0.3, -0.25) is 9.59 Å². The van der Waals surface area contributed by atoms with Gasteiger partial charge in [-0.25, -0.2) is 4.90 Å². The molecule has 0 unspecified atom stereocenters. The van der Waals surface area contributed by atoms with Crippen molar-refractivity contribution in [3.63, 3.8) is 0 Å². The van der Waals surface area contributed by atoms with Crippen LogP contribution in [0.2, 0.25) is 0 Å². The van der Waals surface area contributed by atoms with Gasteiger partial charge >= 0.3 is 0 Å². The van der Waals surface area contributed by atoms with Crippen molar-refractivity contribution < 1.29 is 14.3 Å². The number of anilines is 1. The summed E-state index contributed by atoms with van der Waals surface area (Å²) in [5.41, 5.74) is 2.29. The Morgan fingerprint density at radius 3 is 2.34 bits per heavy atom. The zero-order valence-corrected chi connectivity index (χ0v) is 16.8. The van der Waals surface area contributed by atoms with Crippen molar-refractivity contribution in [2.75, 3.05) is 44.7 Å². The maximum absolute atomic E-state index is 13.5. The minimum absolute atomic E-state index is 0.306. The normalized spacial score (nSPS) is 18.9. The van der Waals surface area contributed by atoms with Gasteiger partial charge in [-0.05, 0) is 24.7 Å². The highest BCUT2D eigenvalue weighted by atomic mass is 16.5. The highest BCUT2D eigenvalue weighted by molar-refractivity contribution is 6.41. The Labute approximate surface area is 171 Å². The van der Waals surface area contributed by atoms with Gasteiger partial charge in [-0.2, -0.15) is 0 Å². The van der Waals surface area contributed by atoms with E-state index in [0.717, 1.165) is 32.7 Å². The first kappa shape index (κ1) is 19.2. The van der Waals surface area contributed by atoms with Crippen molar-refractivity contribution in [3.05, 3.63) is 65.9 Å². The van der Waals surface area contributed by atoms with Gasteiger partial charge in [0.1, 0.15) is 5.75 Å². The Bertz CT molecular complexity index is 961. The van der Waals surface area contributed by atoms with E-state index >= 15 is 0 Å². The molecule has 0 N–H and O–H groups in total. The molecule has 0 atom stereocenters. The minimum Gasteiger partial charge on any atom is -0.497 e. The van der Waals surface area contributed by atoms with Gasteiger partial charge in [0.05, 0.1) is 18.4 Å². The third-order valence-corrected chi connectivity index (χ3v) is 5.56. The summed E-state index contributed by atoms with van der Waals surface area (Å²) in [4.78, 5) is 32.4. The predicted octanol–water partition coefficient (Wildman–Crippen LogP) is 2.86. The molecular formula is C23H25N3O3. The SMILES string of the molecule is CCN1CCN(C=C2C(=O)N(c3cccc(OC)c3)C(=O)c3ccccc32)CC1. The van der Waals surface area contributed by atoms with Gasteiger partial charge in [-0.1, -0.05) is 31.2 Å². The number of methoxy groups -OCH3 is 1. The molecule has 0 radical (unpaired) electrons. The predicted molar refractivity (Wildman–Crippen MR) is 113 cm³/mol. The van der Waals surface area contributed by atoms with Crippen molar-refractivity contribution >= 4 is 23.1 Å². The number of hydrogen-bond acceptors (Lipinski definition) is 5. The molecule has 29 heavy (non-hydrogen) atoms. The average molecular weight is 391 g/mol. The monoisotopic (exact) mass is 391 g/mol. The van der Waals surface area contributed by atoms with E-state index in [-0.39, 0.29) is 11.8 Å². The molecule has 2 aliphatic heterocycles. The van der Waals surface area contributed by atoms with Gasteiger partial charge in [-0.15, -0.1) is 0 Å². The van der Waals surface area contributed by atoms with E-state index in [9.17, 15) is 9.59 Å². The van der Waals surface area contributed by atoms with Crippen LogP contribution in [0.5, 0.6) is 5.75 Å². The van der Waals surface area contributed by atoms with E-state index in [0.29, 0.717) is 28.1 Å². The fraction of sp³-hybridized carbons (Fsp3) is 0.304. The molecule has 0 bridgehead atoms. The topological polar surface area (TPSA) is 53.1 Å². The zero-order chi connectivity index (χ0) is 20.4. The lowest BCUT2D eigenvalue weighted by molar-refractivity contribution is -0.112. The van der Waals surface area contributed by atoms with Crippen molar-refractivity contribution in [3.8, 4) is 5.75 Å². The number of rotatable bonds is 4. The third-order valence-electron chi connectivity index (χ3n) is 5.56. The second-order valence-electron chi connectivity index (χ2n) is 7.21. The molecule has 1 fully saturated rings. The molecule has 6 nitrogen and oxygen atoms in total. The highest BCUT2D eigenvalue weighted by Gasteiger charge is 2.36. The van der Waals surface area contributed by atoms with Crippen LogP contribution >= 0.6 is 0 Å². The van der Waals surface area contributed by atoms with Crippen molar-refractivity contribution in [2.45, 2.75) is 6.92 Å². The molecule has 4 rings (SSSR count). The number of carbonyl (C=O) groups is 2. The first-order valence-electron chi connectivity index (χ1n) is 9.93. The number of amides is 2. The maximum atomic E-state index is 13.5. The first-order chi connectivity index (χ1) is 14.1. The summed E-state index contributed by atoms with van der Waals surface area (Å²) in [6.45, 7) is 6.85. The molecular weight excluding hydrogens is 366 g/mol. The van der Waals surface area contributed by atoms with E-state index in [1.165, 1.54) is 4.90 Å². The number of ether oxygens (including phenoxy) is 1. The lowest BCUT2D eigenvalue weighted by Gasteiger charge is -2.35. The lowest BCUT2D eigenvalue weighted by atomic mass is 9.93. The zero-order valence-electron chi connectivity index (χ0n) is 16.8. The van der Waals surface area contributed by atoms with E-state index < -0.39 is 0 Å². The summed E-state index contributed by atoms with van der Waals surface area (Å²) < 4.78 is 5.28. The molecule has 6 heteroatoms. The van der Waals surface area contributed by atoms with Crippen LogP contribution in [-0.2, 0) is 4.79 Å². The Balaban J connectivity index is 1.74.